The summed E-state index contributed by atoms with van der Waals surface area (Å²) in [5, 5.41) is 31.8. The van der Waals surface area contributed by atoms with Crippen molar-refractivity contribution >= 4 is 12.2 Å². The van der Waals surface area contributed by atoms with Crippen molar-refractivity contribution in [1.82, 2.24) is 9.97 Å². The third-order valence-electron chi connectivity index (χ3n) is 2.40. The number of aromatic hydroxyl groups is 3. The van der Waals surface area contributed by atoms with Crippen LogP contribution in [-0.4, -0.2) is 31.5 Å². The van der Waals surface area contributed by atoms with Crippen LogP contribution >= 0.6 is 0 Å². The molecule has 0 unspecified atom stereocenters. The minimum Gasteiger partial charge on any atom is -0.504 e. The highest BCUT2D eigenvalue weighted by Gasteiger charge is 2.09. The molecule has 0 saturated heterocycles. The number of aryl methyl sites for hydroxylation is 1. The molecule has 1 aromatic carbocycles. The lowest BCUT2D eigenvalue weighted by Crippen LogP contribution is -2.10. The molecular formula is C12H12N4O4. The Morgan fingerprint density at radius 3 is 2.75 bits per heavy atom. The van der Waals surface area contributed by atoms with Crippen LogP contribution in [0.15, 0.2) is 28.1 Å². The van der Waals surface area contributed by atoms with E-state index in [0.717, 1.165) is 0 Å². The van der Waals surface area contributed by atoms with Crippen LogP contribution in [0.1, 0.15) is 11.3 Å². The first-order valence-corrected chi connectivity index (χ1v) is 5.58. The average Bonchev–Trinajstić information content (AvgIpc) is 2.38. The van der Waals surface area contributed by atoms with Gasteiger partial charge in [-0.1, -0.05) is 0 Å². The van der Waals surface area contributed by atoms with E-state index in [4.69, 9.17) is 5.11 Å². The van der Waals surface area contributed by atoms with Crippen LogP contribution in [0.3, 0.4) is 0 Å². The lowest BCUT2D eigenvalue weighted by Gasteiger charge is -2.03. The number of aromatic nitrogens is 2. The predicted molar refractivity (Wildman–Crippen MR) is 72.2 cm³/mol. The summed E-state index contributed by atoms with van der Waals surface area (Å²) in [6.07, 6.45) is 1.21. The van der Waals surface area contributed by atoms with Gasteiger partial charge in [-0.3, -0.25) is 9.78 Å². The largest absolute Gasteiger partial charge is 0.504 e. The van der Waals surface area contributed by atoms with E-state index in [9.17, 15) is 15.0 Å². The van der Waals surface area contributed by atoms with Gasteiger partial charge in [0.25, 0.3) is 5.56 Å². The average molecular weight is 276 g/mol. The number of aromatic amines is 1. The van der Waals surface area contributed by atoms with Gasteiger partial charge in [0.2, 0.25) is 11.7 Å². The zero-order valence-corrected chi connectivity index (χ0v) is 10.5. The topological polar surface area (TPSA) is 131 Å². The van der Waals surface area contributed by atoms with Gasteiger partial charge >= 0.3 is 0 Å². The molecule has 0 aliphatic carbocycles. The number of nitrogens with one attached hydrogen (secondary N) is 2. The first-order chi connectivity index (χ1) is 9.47. The van der Waals surface area contributed by atoms with E-state index in [0.29, 0.717) is 5.69 Å². The monoisotopic (exact) mass is 276 g/mol. The third kappa shape index (κ3) is 2.86. The Morgan fingerprint density at radius 1 is 1.30 bits per heavy atom. The highest BCUT2D eigenvalue weighted by atomic mass is 16.3. The van der Waals surface area contributed by atoms with E-state index in [-0.39, 0.29) is 17.1 Å². The summed E-state index contributed by atoms with van der Waals surface area (Å²) in [6, 6.07) is 3.91. The number of hydrogen-bond donors (Lipinski definition) is 5. The van der Waals surface area contributed by atoms with Crippen LogP contribution in [0, 0.1) is 6.92 Å². The van der Waals surface area contributed by atoms with Crippen molar-refractivity contribution in [2.75, 3.05) is 5.43 Å². The molecule has 20 heavy (non-hydrogen) atoms. The van der Waals surface area contributed by atoms with Crippen molar-refractivity contribution < 1.29 is 15.3 Å². The zero-order valence-electron chi connectivity index (χ0n) is 10.5. The molecule has 2 rings (SSSR count). The molecule has 8 heteroatoms. The highest BCUT2D eigenvalue weighted by molar-refractivity contribution is 5.85. The van der Waals surface area contributed by atoms with Crippen LogP contribution in [0.4, 0.5) is 5.95 Å². The maximum Gasteiger partial charge on any atom is 0.252 e. The van der Waals surface area contributed by atoms with Crippen LogP contribution in [0.25, 0.3) is 0 Å². The van der Waals surface area contributed by atoms with Crippen molar-refractivity contribution in [3.05, 3.63) is 39.8 Å². The first kappa shape index (κ1) is 13.4. The van der Waals surface area contributed by atoms with Crippen molar-refractivity contribution in [1.29, 1.82) is 0 Å². The maximum atomic E-state index is 11.2. The summed E-state index contributed by atoms with van der Waals surface area (Å²) >= 11 is 0. The molecule has 2 aromatic rings. The van der Waals surface area contributed by atoms with Gasteiger partial charge in [0, 0.05) is 17.3 Å². The molecular weight excluding hydrogens is 264 g/mol. The normalized spacial score (nSPS) is 10.8. The molecule has 0 atom stereocenters. The lowest BCUT2D eigenvalue weighted by atomic mass is 10.2. The number of nitrogens with zero attached hydrogens (tertiary/aromatic N) is 2. The van der Waals surface area contributed by atoms with E-state index >= 15 is 0 Å². The van der Waals surface area contributed by atoms with Crippen molar-refractivity contribution in [2.24, 2.45) is 5.10 Å². The molecule has 0 spiro atoms. The summed E-state index contributed by atoms with van der Waals surface area (Å²) in [5.41, 5.74) is 2.87. The maximum absolute atomic E-state index is 11.2. The summed E-state index contributed by atoms with van der Waals surface area (Å²) in [7, 11) is 0. The van der Waals surface area contributed by atoms with Gasteiger partial charge in [0.15, 0.2) is 11.5 Å². The second-order valence-electron chi connectivity index (χ2n) is 3.98. The Morgan fingerprint density at radius 2 is 2.05 bits per heavy atom. The number of rotatable bonds is 3. The van der Waals surface area contributed by atoms with Gasteiger partial charge in [0.05, 0.1) is 6.21 Å². The quantitative estimate of drug-likeness (QED) is 0.317. The molecule has 0 aliphatic heterocycles. The highest BCUT2D eigenvalue weighted by Crippen LogP contribution is 2.36. The van der Waals surface area contributed by atoms with Crippen LogP contribution in [-0.2, 0) is 0 Å². The molecule has 1 aromatic heterocycles. The van der Waals surface area contributed by atoms with Gasteiger partial charge in [0.1, 0.15) is 0 Å². The Kier molecular flexibility index (Phi) is 3.56. The van der Waals surface area contributed by atoms with E-state index < -0.39 is 17.2 Å². The second kappa shape index (κ2) is 5.31. The molecule has 0 bridgehead atoms. The number of anilines is 1. The number of phenolic OH excluding ortho intramolecular Hbond substituents is 3. The summed E-state index contributed by atoms with van der Waals surface area (Å²) < 4.78 is 0. The molecule has 104 valence electrons. The summed E-state index contributed by atoms with van der Waals surface area (Å²) in [4.78, 5) is 17.6. The summed E-state index contributed by atoms with van der Waals surface area (Å²) in [5.74, 6) is -1.41. The van der Waals surface area contributed by atoms with Crippen molar-refractivity contribution in [2.45, 2.75) is 6.92 Å². The smallest absolute Gasteiger partial charge is 0.252 e. The fourth-order valence-electron chi connectivity index (χ4n) is 1.48. The number of hydrazone groups is 1. The van der Waals surface area contributed by atoms with E-state index in [1.165, 1.54) is 24.4 Å². The summed E-state index contributed by atoms with van der Waals surface area (Å²) in [6.45, 7) is 1.66. The van der Waals surface area contributed by atoms with Gasteiger partial charge in [-0.2, -0.15) is 5.10 Å². The minimum atomic E-state index is -0.629. The SMILES string of the molecule is Cc1cc(=O)[nH]c(NN=Cc2ccc(O)c(O)c2O)n1. The van der Waals surface area contributed by atoms with Crippen molar-refractivity contribution in [3.8, 4) is 17.2 Å². The molecule has 5 N–H and O–H groups in total. The fourth-order valence-corrected chi connectivity index (χ4v) is 1.48. The Labute approximate surface area is 113 Å². The van der Waals surface area contributed by atoms with Crippen LogP contribution in [0.5, 0.6) is 17.2 Å². The van der Waals surface area contributed by atoms with E-state index in [1.54, 1.807) is 6.92 Å². The first-order valence-electron chi connectivity index (χ1n) is 5.58. The molecule has 8 nitrogen and oxygen atoms in total. The van der Waals surface area contributed by atoms with E-state index in [1.807, 2.05) is 0 Å². The number of benzene rings is 1. The molecule has 0 fully saturated rings. The number of phenols is 3. The van der Waals surface area contributed by atoms with E-state index in [2.05, 4.69) is 20.5 Å². The number of H-pyrrole nitrogens is 1. The van der Waals surface area contributed by atoms with Crippen LogP contribution < -0.4 is 11.0 Å². The molecule has 0 radical (unpaired) electrons. The molecule has 0 amide bonds. The van der Waals surface area contributed by atoms with Crippen LogP contribution in [0.2, 0.25) is 0 Å². The lowest BCUT2D eigenvalue weighted by molar-refractivity contribution is 0.367. The second-order valence-corrected chi connectivity index (χ2v) is 3.98. The predicted octanol–water partition coefficient (Wildman–Crippen LogP) is 0.641. The van der Waals surface area contributed by atoms with Crippen molar-refractivity contribution in [3.63, 3.8) is 0 Å². The van der Waals surface area contributed by atoms with Gasteiger partial charge < -0.3 is 15.3 Å². The van der Waals surface area contributed by atoms with Gasteiger partial charge in [-0.15, -0.1) is 0 Å². The Bertz CT molecular complexity index is 724. The standard InChI is InChI=1S/C12H12N4O4/c1-6-4-9(18)15-12(14-6)16-13-5-7-2-3-8(17)11(20)10(7)19/h2-5,17,19-20H,1H3,(H2,14,15,16,18). The molecule has 0 aliphatic rings. The number of hydrogen-bond acceptors (Lipinski definition) is 7. The minimum absolute atomic E-state index is 0.147. The Hall–Kier alpha value is -3.03. The molecule has 0 saturated carbocycles. The zero-order chi connectivity index (χ0) is 14.7. The third-order valence-corrected chi connectivity index (χ3v) is 2.40. The van der Waals surface area contributed by atoms with Gasteiger partial charge in [-0.05, 0) is 19.1 Å². The molecule has 1 heterocycles. The Balaban J connectivity index is 2.18. The van der Waals surface area contributed by atoms with Gasteiger partial charge in [-0.25, -0.2) is 10.4 Å². The fraction of sp³-hybridized carbons (Fsp3) is 0.0833.